The molecule has 1 N–H and O–H groups in total. The van der Waals surface area contributed by atoms with Gasteiger partial charge in [-0.05, 0) is 63.2 Å². The maximum Gasteiger partial charge on any atom is 0.508 e. The van der Waals surface area contributed by atoms with Gasteiger partial charge in [0.05, 0.1) is 0 Å². The Kier molecular flexibility index (Phi) is 4.14. The number of carbonyl (C=O) groups excluding carboxylic acids is 1. The van der Waals surface area contributed by atoms with E-state index in [0.29, 0.717) is 6.61 Å². The van der Waals surface area contributed by atoms with Crippen LogP contribution in [0, 0.1) is 23.2 Å². The molecule has 0 heterocycles. The van der Waals surface area contributed by atoms with Crippen molar-refractivity contribution in [2.75, 3.05) is 13.2 Å². The fourth-order valence-electron chi connectivity index (χ4n) is 4.99. The molecule has 6 nitrogen and oxygen atoms in total. The van der Waals surface area contributed by atoms with Crippen LogP contribution in [0.2, 0.25) is 0 Å². The summed E-state index contributed by atoms with van der Waals surface area (Å²) in [5.41, 5.74) is 0.114. The first-order valence-corrected chi connectivity index (χ1v) is 9.52. The van der Waals surface area contributed by atoms with E-state index in [4.69, 9.17) is 14.0 Å². The van der Waals surface area contributed by atoms with Crippen molar-refractivity contribution in [3.05, 3.63) is 0 Å². The first-order valence-electron chi connectivity index (χ1n) is 8.02. The van der Waals surface area contributed by atoms with Gasteiger partial charge in [0.1, 0.15) is 18.5 Å². The molecule has 22 heavy (non-hydrogen) atoms. The smallest absolute Gasteiger partial charge is 0.434 e. The summed E-state index contributed by atoms with van der Waals surface area (Å²) in [5.74, 6) is 2.35. The summed E-state index contributed by atoms with van der Waals surface area (Å²) >= 11 is 0. The molecular formula is C15H24O6S. The van der Waals surface area contributed by atoms with Crippen molar-refractivity contribution in [2.24, 2.45) is 23.2 Å². The zero-order valence-electron chi connectivity index (χ0n) is 12.9. The normalized spacial score (nSPS) is 37.8. The molecule has 7 heteroatoms. The van der Waals surface area contributed by atoms with Gasteiger partial charge in [0.25, 0.3) is 10.1 Å². The average Bonchev–Trinajstić information content (AvgIpc) is 2.40. The zero-order valence-corrected chi connectivity index (χ0v) is 13.7. The molecule has 0 saturated heterocycles. The van der Waals surface area contributed by atoms with Gasteiger partial charge in [-0.1, -0.05) is 0 Å². The molecule has 0 aromatic rings. The fourth-order valence-corrected chi connectivity index (χ4v) is 5.23. The van der Waals surface area contributed by atoms with E-state index >= 15 is 0 Å². The second-order valence-electron chi connectivity index (χ2n) is 7.59. The van der Waals surface area contributed by atoms with Crippen molar-refractivity contribution in [3.8, 4) is 0 Å². The Bertz CT molecular complexity index is 505. The molecule has 1 atom stereocenters. The van der Waals surface area contributed by atoms with Gasteiger partial charge in [0.15, 0.2) is 0 Å². The van der Waals surface area contributed by atoms with Crippen LogP contribution in [0.25, 0.3) is 0 Å². The lowest BCUT2D eigenvalue weighted by Crippen LogP contribution is -2.48. The summed E-state index contributed by atoms with van der Waals surface area (Å²) < 4.78 is 40.6. The molecule has 4 aliphatic carbocycles. The first-order chi connectivity index (χ1) is 10.3. The minimum absolute atomic E-state index is 0.114. The standard InChI is InChI=1S/C15H24O6S/c1-10(22(17,18)19)8-20-14(16)21-9-15-5-11-2-12(6-15)4-13(3-11)7-15/h10-13H,2-9H2,1H3,(H,17,18,19). The number of ether oxygens (including phenoxy) is 2. The molecule has 0 spiro atoms. The third-order valence-corrected chi connectivity index (χ3v) is 6.76. The van der Waals surface area contributed by atoms with Crippen molar-refractivity contribution in [3.63, 3.8) is 0 Å². The minimum atomic E-state index is -4.18. The molecular weight excluding hydrogens is 308 g/mol. The lowest BCUT2D eigenvalue weighted by Gasteiger charge is -2.56. The van der Waals surface area contributed by atoms with Crippen LogP contribution in [0.3, 0.4) is 0 Å². The van der Waals surface area contributed by atoms with Crippen LogP contribution < -0.4 is 0 Å². The van der Waals surface area contributed by atoms with E-state index in [2.05, 4.69) is 0 Å². The minimum Gasteiger partial charge on any atom is -0.434 e. The highest BCUT2D eigenvalue weighted by Crippen LogP contribution is 2.60. The SMILES string of the molecule is CC(COC(=O)OCC12CC3CC(CC(C3)C1)C2)S(=O)(=O)O. The summed E-state index contributed by atoms with van der Waals surface area (Å²) in [5, 5.41) is -1.14. The fraction of sp³-hybridized carbons (Fsp3) is 0.933. The molecule has 0 radical (unpaired) electrons. The predicted octanol–water partition coefficient (Wildman–Crippen LogP) is 2.63. The second kappa shape index (κ2) is 5.67. The van der Waals surface area contributed by atoms with Crippen LogP contribution >= 0.6 is 0 Å². The molecule has 0 amide bonds. The molecule has 4 bridgehead atoms. The number of carbonyl (C=O) groups is 1. The number of hydrogen-bond donors (Lipinski definition) is 1. The highest BCUT2D eigenvalue weighted by molar-refractivity contribution is 7.86. The van der Waals surface area contributed by atoms with E-state index in [1.54, 1.807) is 0 Å². The second-order valence-corrected chi connectivity index (χ2v) is 9.43. The third kappa shape index (κ3) is 3.40. The molecule has 4 fully saturated rings. The molecule has 4 aliphatic rings. The van der Waals surface area contributed by atoms with Gasteiger partial charge >= 0.3 is 6.16 Å². The van der Waals surface area contributed by atoms with Crippen LogP contribution in [0.4, 0.5) is 4.79 Å². The monoisotopic (exact) mass is 332 g/mol. The highest BCUT2D eigenvalue weighted by Gasteiger charge is 2.51. The Morgan fingerprint density at radius 2 is 1.64 bits per heavy atom. The van der Waals surface area contributed by atoms with Gasteiger partial charge in [-0.15, -0.1) is 0 Å². The first kappa shape index (κ1) is 16.1. The van der Waals surface area contributed by atoms with Gasteiger partial charge < -0.3 is 9.47 Å². The van der Waals surface area contributed by atoms with Gasteiger partial charge in [0, 0.05) is 5.41 Å². The Morgan fingerprint density at radius 3 is 2.09 bits per heavy atom. The number of hydrogen-bond acceptors (Lipinski definition) is 5. The molecule has 4 saturated carbocycles. The van der Waals surface area contributed by atoms with E-state index in [-0.39, 0.29) is 5.41 Å². The molecule has 0 aromatic carbocycles. The average molecular weight is 332 g/mol. The Balaban J connectivity index is 1.47. The van der Waals surface area contributed by atoms with Crippen LogP contribution in [-0.2, 0) is 19.6 Å². The maximum absolute atomic E-state index is 11.6. The molecule has 4 rings (SSSR count). The van der Waals surface area contributed by atoms with Crippen LogP contribution in [0.5, 0.6) is 0 Å². The summed E-state index contributed by atoms with van der Waals surface area (Å²) in [4.78, 5) is 11.6. The topological polar surface area (TPSA) is 89.9 Å². The molecule has 0 aliphatic heterocycles. The van der Waals surface area contributed by atoms with E-state index in [1.807, 2.05) is 0 Å². The summed E-state index contributed by atoms with van der Waals surface area (Å²) in [6.07, 6.45) is 6.54. The van der Waals surface area contributed by atoms with Crippen molar-refractivity contribution in [1.29, 1.82) is 0 Å². The zero-order chi connectivity index (χ0) is 16.0. The lowest BCUT2D eigenvalue weighted by molar-refractivity contribution is -0.0898. The summed E-state index contributed by atoms with van der Waals surface area (Å²) in [7, 11) is -4.18. The maximum atomic E-state index is 11.6. The summed E-state index contributed by atoms with van der Waals surface area (Å²) in [6, 6.07) is 0. The number of rotatable bonds is 5. The van der Waals surface area contributed by atoms with E-state index < -0.39 is 28.1 Å². The van der Waals surface area contributed by atoms with Crippen LogP contribution in [0.1, 0.15) is 45.4 Å². The largest absolute Gasteiger partial charge is 0.508 e. The van der Waals surface area contributed by atoms with Crippen LogP contribution in [0.15, 0.2) is 0 Å². The van der Waals surface area contributed by atoms with Crippen molar-refractivity contribution in [2.45, 2.75) is 50.7 Å². The Hall–Kier alpha value is -0.820. The third-order valence-electron chi connectivity index (χ3n) is 5.61. The lowest BCUT2D eigenvalue weighted by atomic mass is 9.50. The van der Waals surface area contributed by atoms with Gasteiger partial charge in [-0.25, -0.2) is 4.79 Å². The van der Waals surface area contributed by atoms with Crippen molar-refractivity contribution >= 4 is 16.3 Å². The van der Waals surface area contributed by atoms with E-state index in [9.17, 15) is 13.2 Å². The van der Waals surface area contributed by atoms with Crippen molar-refractivity contribution < 1.29 is 27.2 Å². The van der Waals surface area contributed by atoms with Crippen LogP contribution in [-0.4, -0.2) is 37.6 Å². The Morgan fingerprint density at radius 1 is 1.14 bits per heavy atom. The highest BCUT2D eigenvalue weighted by atomic mass is 32.2. The quantitative estimate of drug-likeness (QED) is 0.615. The van der Waals surface area contributed by atoms with E-state index in [1.165, 1.54) is 26.2 Å². The van der Waals surface area contributed by atoms with Crippen molar-refractivity contribution in [1.82, 2.24) is 0 Å². The van der Waals surface area contributed by atoms with Gasteiger partial charge in [0.2, 0.25) is 0 Å². The molecule has 0 aromatic heterocycles. The molecule has 1 unspecified atom stereocenters. The molecule has 126 valence electrons. The Labute approximate surface area is 131 Å². The predicted molar refractivity (Wildman–Crippen MR) is 78.9 cm³/mol. The summed E-state index contributed by atoms with van der Waals surface area (Å²) in [6.45, 7) is 1.26. The van der Waals surface area contributed by atoms with E-state index in [0.717, 1.165) is 37.0 Å². The van der Waals surface area contributed by atoms with Gasteiger partial charge in [-0.2, -0.15) is 8.42 Å². The van der Waals surface area contributed by atoms with Gasteiger partial charge in [-0.3, -0.25) is 4.55 Å².